The van der Waals surface area contributed by atoms with Gasteiger partial charge in [0.15, 0.2) is 0 Å². The van der Waals surface area contributed by atoms with Crippen molar-refractivity contribution < 1.29 is 14.3 Å². The summed E-state index contributed by atoms with van der Waals surface area (Å²) in [5, 5.41) is 5.65. The summed E-state index contributed by atoms with van der Waals surface area (Å²) in [6.07, 6.45) is 0.743. The Morgan fingerprint density at radius 3 is 2.22 bits per heavy atom. The number of nitrogens with one attached hydrogen (secondary N) is 2. The third-order valence-electron chi connectivity index (χ3n) is 3.04. The van der Waals surface area contributed by atoms with Crippen molar-refractivity contribution in [3.8, 4) is 5.75 Å². The van der Waals surface area contributed by atoms with Crippen LogP contribution in [0, 0.1) is 5.41 Å². The number of hydrogen-bond acceptors (Lipinski definition) is 3. The van der Waals surface area contributed by atoms with Gasteiger partial charge in [0, 0.05) is 11.2 Å². The number of benzene rings is 1. The highest BCUT2D eigenvalue weighted by atomic mass is 35.5. The number of rotatable bonds is 4. The van der Waals surface area contributed by atoms with Crippen molar-refractivity contribution in [2.45, 2.75) is 46.6 Å². The maximum Gasteiger partial charge on any atom is 0.313 e. The predicted octanol–water partition coefficient (Wildman–Crippen LogP) is 3.62. The lowest BCUT2D eigenvalue weighted by Crippen LogP contribution is -2.49. The van der Waals surface area contributed by atoms with E-state index in [1.807, 2.05) is 13.8 Å². The van der Waals surface area contributed by atoms with E-state index in [9.17, 15) is 9.59 Å². The number of anilines is 1. The first-order valence-corrected chi connectivity index (χ1v) is 7.78. The number of halogens is 1. The molecule has 0 aliphatic heterocycles. The molecule has 1 aromatic rings. The van der Waals surface area contributed by atoms with E-state index < -0.39 is 17.4 Å². The van der Waals surface area contributed by atoms with E-state index in [4.69, 9.17) is 16.3 Å². The molecule has 1 rings (SSSR count). The first-order chi connectivity index (χ1) is 10.4. The molecule has 0 unspecified atom stereocenters. The standard InChI is InChI=1S/C17H25ClN2O3/c1-16(2,3)10-17(4,5)20-15(22)14(21)19-11-7-8-13(23-6)12(18)9-11/h7-9H,10H2,1-6H3,(H,19,21)(H,20,22). The fraction of sp³-hybridized carbons (Fsp3) is 0.529. The number of methoxy groups -OCH3 is 1. The smallest absolute Gasteiger partial charge is 0.313 e. The van der Waals surface area contributed by atoms with Crippen LogP contribution >= 0.6 is 11.6 Å². The van der Waals surface area contributed by atoms with Gasteiger partial charge in [-0.3, -0.25) is 9.59 Å². The monoisotopic (exact) mass is 340 g/mol. The highest BCUT2D eigenvalue weighted by Gasteiger charge is 2.29. The Bertz CT molecular complexity index is 592. The van der Waals surface area contributed by atoms with E-state index in [-0.39, 0.29) is 5.41 Å². The van der Waals surface area contributed by atoms with E-state index in [2.05, 4.69) is 31.4 Å². The SMILES string of the molecule is COc1ccc(NC(=O)C(=O)NC(C)(C)CC(C)(C)C)cc1Cl. The molecule has 5 nitrogen and oxygen atoms in total. The average molecular weight is 341 g/mol. The molecule has 0 spiro atoms. The van der Waals surface area contributed by atoms with Gasteiger partial charge in [0.2, 0.25) is 0 Å². The quantitative estimate of drug-likeness (QED) is 0.823. The third-order valence-corrected chi connectivity index (χ3v) is 3.34. The second-order valence-corrected chi connectivity index (χ2v) is 7.79. The van der Waals surface area contributed by atoms with Crippen LogP contribution in [0.25, 0.3) is 0 Å². The van der Waals surface area contributed by atoms with E-state index in [1.165, 1.54) is 13.2 Å². The van der Waals surface area contributed by atoms with Gasteiger partial charge >= 0.3 is 11.8 Å². The minimum Gasteiger partial charge on any atom is -0.495 e. The second-order valence-electron chi connectivity index (χ2n) is 7.38. The van der Waals surface area contributed by atoms with Crippen molar-refractivity contribution in [2.75, 3.05) is 12.4 Å². The Morgan fingerprint density at radius 1 is 1.13 bits per heavy atom. The number of hydrogen-bond donors (Lipinski definition) is 2. The molecule has 128 valence electrons. The Balaban J connectivity index is 2.71. The zero-order valence-electron chi connectivity index (χ0n) is 14.5. The maximum absolute atomic E-state index is 12.1. The molecule has 1 aromatic carbocycles. The Morgan fingerprint density at radius 2 is 1.74 bits per heavy atom. The van der Waals surface area contributed by atoms with Crippen molar-refractivity contribution in [1.29, 1.82) is 0 Å². The van der Waals surface area contributed by atoms with Gasteiger partial charge in [-0.2, -0.15) is 0 Å². The normalized spacial score (nSPS) is 11.8. The van der Waals surface area contributed by atoms with Crippen molar-refractivity contribution in [2.24, 2.45) is 5.41 Å². The summed E-state index contributed by atoms with van der Waals surface area (Å²) in [7, 11) is 1.50. The fourth-order valence-electron chi connectivity index (χ4n) is 2.67. The molecule has 0 saturated heterocycles. The van der Waals surface area contributed by atoms with Crippen LogP contribution < -0.4 is 15.4 Å². The number of ether oxygens (including phenoxy) is 1. The maximum atomic E-state index is 12.1. The Labute approximate surface area is 142 Å². The molecule has 0 saturated carbocycles. The van der Waals surface area contributed by atoms with Crippen LogP contribution in [0.5, 0.6) is 5.75 Å². The fourth-order valence-corrected chi connectivity index (χ4v) is 2.92. The second kappa shape index (κ2) is 7.21. The molecule has 0 fully saturated rings. The number of carbonyl (C=O) groups excluding carboxylic acids is 2. The van der Waals surface area contributed by atoms with Crippen LogP contribution in [0.2, 0.25) is 5.02 Å². The number of amides is 2. The van der Waals surface area contributed by atoms with Gasteiger partial charge in [0.05, 0.1) is 12.1 Å². The molecule has 0 heterocycles. The van der Waals surface area contributed by atoms with Crippen LogP contribution in [-0.2, 0) is 9.59 Å². The van der Waals surface area contributed by atoms with Gasteiger partial charge in [-0.1, -0.05) is 32.4 Å². The largest absolute Gasteiger partial charge is 0.495 e. The molecule has 0 aliphatic carbocycles. The van der Waals surface area contributed by atoms with Crippen LogP contribution in [0.1, 0.15) is 41.0 Å². The molecular formula is C17H25ClN2O3. The minimum absolute atomic E-state index is 0.0385. The lowest BCUT2D eigenvalue weighted by Gasteiger charge is -2.33. The molecule has 2 N–H and O–H groups in total. The van der Waals surface area contributed by atoms with Gasteiger partial charge < -0.3 is 15.4 Å². The molecule has 2 amide bonds. The van der Waals surface area contributed by atoms with Gasteiger partial charge in [0.25, 0.3) is 0 Å². The molecule has 23 heavy (non-hydrogen) atoms. The summed E-state index contributed by atoms with van der Waals surface area (Å²) in [6.45, 7) is 10.0. The topological polar surface area (TPSA) is 67.4 Å². The van der Waals surface area contributed by atoms with Crippen LogP contribution in [0.4, 0.5) is 5.69 Å². The molecule has 0 aliphatic rings. The summed E-state index contributed by atoms with van der Waals surface area (Å²) in [5.74, 6) is -0.903. The highest BCUT2D eigenvalue weighted by Crippen LogP contribution is 2.28. The molecule has 6 heteroatoms. The molecule has 0 atom stereocenters. The summed E-state index contributed by atoms with van der Waals surface area (Å²) < 4.78 is 5.04. The summed E-state index contributed by atoms with van der Waals surface area (Å²) in [5.41, 5.74) is -0.00867. The third kappa shape index (κ3) is 6.48. The first-order valence-electron chi connectivity index (χ1n) is 7.40. The van der Waals surface area contributed by atoms with E-state index in [0.29, 0.717) is 16.5 Å². The van der Waals surface area contributed by atoms with Gasteiger partial charge in [-0.25, -0.2) is 0 Å². The zero-order valence-corrected chi connectivity index (χ0v) is 15.3. The van der Waals surface area contributed by atoms with E-state index in [1.54, 1.807) is 12.1 Å². The molecule has 0 aromatic heterocycles. The van der Waals surface area contributed by atoms with Gasteiger partial charge in [-0.05, 0) is 43.9 Å². The Hall–Kier alpha value is -1.75. The highest BCUT2D eigenvalue weighted by molar-refractivity contribution is 6.40. The van der Waals surface area contributed by atoms with Crippen LogP contribution in [0.3, 0.4) is 0 Å². The summed E-state index contributed by atoms with van der Waals surface area (Å²) in [6, 6.07) is 4.78. The van der Waals surface area contributed by atoms with E-state index >= 15 is 0 Å². The summed E-state index contributed by atoms with van der Waals surface area (Å²) in [4.78, 5) is 24.1. The van der Waals surface area contributed by atoms with Crippen molar-refractivity contribution in [3.05, 3.63) is 23.2 Å². The lowest BCUT2D eigenvalue weighted by molar-refractivity contribution is -0.137. The van der Waals surface area contributed by atoms with Crippen LogP contribution in [-0.4, -0.2) is 24.5 Å². The Kier molecular flexibility index (Phi) is 6.05. The molecule has 0 bridgehead atoms. The van der Waals surface area contributed by atoms with Crippen LogP contribution in [0.15, 0.2) is 18.2 Å². The average Bonchev–Trinajstić information content (AvgIpc) is 2.35. The molecule has 0 radical (unpaired) electrons. The predicted molar refractivity (Wildman–Crippen MR) is 92.9 cm³/mol. The van der Waals surface area contributed by atoms with Crippen molar-refractivity contribution in [3.63, 3.8) is 0 Å². The zero-order chi connectivity index (χ0) is 17.8. The minimum atomic E-state index is -0.729. The summed E-state index contributed by atoms with van der Waals surface area (Å²) >= 11 is 5.99. The molecular weight excluding hydrogens is 316 g/mol. The number of carbonyl (C=O) groups is 2. The van der Waals surface area contributed by atoms with E-state index in [0.717, 1.165) is 6.42 Å². The van der Waals surface area contributed by atoms with Gasteiger partial charge in [-0.15, -0.1) is 0 Å². The van der Waals surface area contributed by atoms with Crippen molar-refractivity contribution >= 4 is 29.1 Å². The van der Waals surface area contributed by atoms with Gasteiger partial charge in [0.1, 0.15) is 5.75 Å². The first kappa shape index (κ1) is 19.3. The van der Waals surface area contributed by atoms with Crippen molar-refractivity contribution in [1.82, 2.24) is 5.32 Å². The lowest BCUT2D eigenvalue weighted by atomic mass is 9.82.